The molecule has 0 saturated heterocycles. The minimum atomic E-state index is -0.00215. The summed E-state index contributed by atoms with van der Waals surface area (Å²) < 4.78 is 2.00. The van der Waals surface area contributed by atoms with Crippen LogP contribution in [0.15, 0.2) is 24.7 Å². The number of hydrogen-bond acceptors (Lipinski definition) is 2. The second-order valence-electron chi connectivity index (χ2n) is 6.33. The number of imidazole rings is 1. The molecule has 3 aromatic heterocycles. The average Bonchev–Trinajstić information content (AvgIpc) is 3.05. The smallest absolute Gasteiger partial charge is 0.183 e. The van der Waals surface area contributed by atoms with Crippen LogP contribution in [-0.2, 0) is 12.8 Å². The molecule has 1 atom stereocenters. The molecular weight excluding hydrogens is 310 g/mol. The fourth-order valence-corrected chi connectivity index (χ4v) is 3.83. The van der Waals surface area contributed by atoms with E-state index in [1.54, 1.807) is 6.33 Å². The van der Waals surface area contributed by atoms with Gasteiger partial charge in [0.2, 0.25) is 0 Å². The van der Waals surface area contributed by atoms with Gasteiger partial charge in [0.25, 0.3) is 0 Å². The van der Waals surface area contributed by atoms with Gasteiger partial charge < -0.3 is 9.38 Å². The topological polar surface area (TPSA) is 50.2 Å². The first-order valence-corrected chi connectivity index (χ1v) is 8.26. The fourth-order valence-electron chi connectivity index (χ4n) is 3.67. The molecule has 0 bridgehead atoms. The van der Waals surface area contributed by atoms with Gasteiger partial charge in [0, 0.05) is 29.3 Å². The van der Waals surface area contributed by atoms with Gasteiger partial charge in [0.15, 0.2) is 5.78 Å². The summed E-state index contributed by atoms with van der Waals surface area (Å²) in [6.45, 7) is 4.08. The average molecular weight is 328 g/mol. The lowest BCUT2D eigenvalue weighted by Gasteiger charge is -2.21. The first kappa shape index (κ1) is 14.5. The zero-order valence-corrected chi connectivity index (χ0v) is 13.9. The number of pyridine rings is 1. The number of carbonyl (C=O) groups is 1. The summed E-state index contributed by atoms with van der Waals surface area (Å²) in [4.78, 5) is 20.5. The summed E-state index contributed by atoms with van der Waals surface area (Å²) in [6, 6.07) is 3.78. The van der Waals surface area contributed by atoms with Gasteiger partial charge in [-0.1, -0.05) is 11.6 Å². The van der Waals surface area contributed by atoms with Crippen LogP contribution in [-0.4, -0.2) is 20.2 Å². The molecule has 118 valence electrons. The van der Waals surface area contributed by atoms with Crippen LogP contribution in [0.1, 0.15) is 39.4 Å². The number of H-pyrrole nitrogens is 1. The van der Waals surface area contributed by atoms with Gasteiger partial charge in [-0.25, -0.2) is 4.98 Å². The number of rotatable bonds is 2. The van der Waals surface area contributed by atoms with Crippen molar-refractivity contribution >= 4 is 22.9 Å². The van der Waals surface area contributed by atoms with Crippen LogP contribution in [0.3, 0.4) is 0 Å². The number of aromatic nitrogens is 3. The quantitative estimate of drug-likeness (QED) is 0.775. The van der Waals surface area contributed by atoms with E-state index in [1.165, 1.54) is 11.1 Å². The van der Waals surface area contributed by atoms with E-state index in [4.69, 9.17) is 11.6 Å². The van der Waals surface area contributed by atoms with Crippen molar-refractivity contribution in [3.63, 3.8) is 0 Å². The molecule has 5 heteroatoms. The monoisotopic (exact) mass is 327 g/mol. The number of nitrogens with one attached hydrogen (secondary N) is 1. The Morgan fingerprint density at radius 3 is 3.00 bits per heavy atom. The van der Waals surface area contributed by atoms with Gasteiger partial charge in [-0.05, 0) is 49.9 Å². The molecule has 3 heterocycles. The largest absolute Gasteiger partial charge is 0.348 e. The molecule has 23 heavy (non-hydrogen) atoms. The highest BCUT2D eigenvalue weighted by Gasteiger charge is 2.32. The number of nitrogens with zero attached hydrogens (tertiary/aromatic N) is 2. The van der Waals surface area contributed by atoms with Crippen molar-refractivity contribution < 1.29 is 4.79 Å². The van der Waals surface area contributed by atoms with Crippen LogP contribution in [0.2, 0.25) is 5.02 Å². The van der Waals surface area contributed by atoms with E-state index in [1.807, 2.05) is 29.7 Å². The molecule has 0 aromatic carbocycles. The SMILES string of the molecule is Cc1[nH]cnc1CC1CCc2c(C)c3cc(Cl)ccn3c2C1=O. The molecule has 4 rings (SSSR count). The van der Waals surface area contributed by atoms with Crippen LogP contribution in [0, 0.1) is 19.8 Å². The number of aryl methyl sites for hydroxylation is 2. The van der Waals surface area contributed by atoms with Crippen molar-refractivity contribution in [2.24, 2.45) is 5.92 Å². The molecule has 0 radical (unpaired) electrons. The van der Waals surface area contributed by atoms with Gasteiger partial charge in [-0.15, -0.1) is 0 Å². The van der Waals surface area contributed by atoms with Crippen LogP contribution >= 0.6 is 11.6 Å². The van der Waals surface area contributed by atoms with Crippen LogP contribution < -0.4 is 0 Å². The molecule has 1 N–H and O–H groups in total. The van der Waals surface area contributed by atoms with Crippen LogP contribution in [0.5, 0.6) is 0 Å². The second-order valence-corrected chi connectivity index (χ2v) is 6.77. The number of hydrogen-bond donors (Lipinski definition) is 1. The Labute approximate surface area is 139 Å². The second kappa shape index (κ2) is 5.24. The summed E-state index contributed by atoms with van der Waals surface area (Å²) in [7, 11) is 0. The lowest BCUT2D eigenvalue weighted by atomic mass is 9.82. The van der Waals surface area contributed by atoms with Gasteiger partial charge in [0.1, 0.15) is 0 Å². The van der Waals surface area contributed by atoms with Gasteiger partial charge in [0.05, 0.1) is 23.2 Å². The molecule has 0 spiro atoms. The zero-order chi connectivity index (χ0) is 16.1. The lowest BCUT2D eigenvalue weighted by molar-refractivity contribution is 0.0894. The summed E-state index contributed by atoms with van der Waals surface area (Å²) in [5.41, 5.74) is 6.25. The molecule has 0 amide bonds. The highest BCUT2D eigenvalue weighted by molar-refractivity contribution is 6.31. The van der Waals surface area contributed by atoms with E-state index in [2.05, 4.69) is 16.9 Å². The maximum absolute atomic E-state index is 13.1. The number of ketones is 1. The number of carbonyl (C=O) groups excluding carboxylic acids is 1. The third-order valence-electron chi connectivity index (χ3n) is 5.00. The van der Waals surface area contributed by atoms with Gasteiger partial charge in [-0.3, -0.25) is 4.79 Å². The molecular formula is C18H18ClN3O. The first-order valence-electron chi connectivity index (χ1n) is 7.88. The fraction of sp³-hybridized carbons (Fsp3) is 0.333. The molecule has 0 saturated carbocycles. The number of aromatic amines is 1. The van der Waals surface area contributed by atoms with Crippen LogP contribution in [0.4, 0.5) is 0 Å². The third kappa shape index (κ3) is 2.20. The lowest BCUT2D eigenvalue weighted by Crippen LogP contribution is -2.25. The van der Waals surface area contributed by atoms with E-state index >= 15 is 0 Å². The molecule has 1 aliphatic carbocycles. The summed E-state index contributed by atoms with van der Waals surface area (Å²) in [5.74, 6) is 0.219. The first-order chi connectivity index (χ1) is 11.1. The third-order valence-corrected chi connectivity index (χ3v) is 5.24. The molecule has 1 aliphatic rings. The van der Waals surface area contributed by atoms with Crippen LogP contribution in [0.25, 0.3) is 5.52 Å². The van der Waals surface area contributed by atoms with Gasteiger partial charge in [-0.2, -0.15) is 0 Å². The predicted molar refractivity (Wildman–Crippen MR) is 90.3 cm³/mol. The van der Waals surface area contributed by atoms with Crippen molar-refractivity contribution in [2.45, 2.75) is 33.1 Å². The summed E-state index contributed by atoms with van der Waals surface area (Å²) in [5, 5.41) is 0.701. The summed E-state index contributed by atoms with van der Waals surface area (Å²) >= 11 is 6.12. The Kier molecular flexibility index (Phi) is 3.31. The highest BCUT2D eigenvalue weighted by atomic mass is 35.5. The minimum absolute atomic E-state index is 0.00215. The Hall–Kier alpha value is -2.07. The Morgan fingerprint density at radius 1 is 1.43 bits per heavy atom. The van der Waals surface area contributed by atoms with Crippen molar-refractivity contribution in [2.75, 3.05) is 0 Å². The van der Waals surface area contributed by atoms with Crippen molar-refractivity contribution in [1.82, 2.24) is 14.4 Å². The maximum atomic E-state index is 13.1. The molecule has 0 aliphatic heterocycles. The molecule has 1 unspecified atom stereocenters. The number of halogens is 1. The van der Waals surface area contributed by atoms with E-state index in [-0.39, 0.29) is 11.7 Å². The zero-order valence-electron chi connectivity index (χ0n) is 13.2. The summed E-state index contributed by atoms with van der Waals surface area (Å²) in [6.07, 6.45) is 6.11. The normalized spacial score (nSPS) is 17.7. The maximum Gasteiger partial charge on any atom is 0.183 e. The molecule has 4 nitrogen and oxygen atoms in total. The Balaban J connectivity index is 1.78. The highest BCUT2D eigenvalue weighted by Crippen LogP contribution is 2.34. The van der Waals surface area contributed by atoms with Crippen molar-refractivity contribution in [1.29, 1.82) is 0 Å². The van der Waals surface area contributed by atoms with Crippen molar-refractivity contribution in [3.05, 3.63) is 57.9 Å². The predicted octanol–water partition coefficient (Wildman–Crippen LogP) is 3.92. The number of Topliss-reactive ketones (excluding diaryl/α,β-unsaturated/α-hetero) is 1. The Bertz CT molecular complexity index is 922. The standard InChI is InChI=1S/C18H18ClN3O/c1-10-14-4-3-12(7-15-11(2)20-9-21-15)18(23)17(14)22-6-5-13(19)8-16(10)22/h5-6,8-9,12H,3-4,7H2,1-2H3,(H,20,21). The molecule has 3 aromatic rings. The molecule has 0 fully saturated rings. The van der Waals surface area contributed by atoms with Gasteiger partial charge >= 0.3 is 0 Å². The van der Waals surface area contributed by atoms with E-state index in [0.29, 0.717) is 11.4 Å². The minimum Gasteiger partial charge on any atom is -0.348 e. The van der Waals surface area contributed by atoms with E-state index < -0.39 is 0 Å². The Morgan fingerprint density at radius 2 is 2.26 bits per heavy atom. The van der Waals surface area contributed by atoms with E-state index in [9.17, 15) is 4.79 Å². The number of fused-ring (bicyclic) bond motifs is 3. The van der Waals surface area contributed by atoms with Crippen molar-refractivity contribution in [3.8, 4) is 0 Å². The van der Waals surface area contributed by atoms with E-state index in [0.717, 1.165) is 35.4 Å².